The highest BCUT2D eigenvalue weighted by Crippen LogP contribution is 2.19. The summed E-state index contributed by atoms with van der Waals surface area (Å²) in [6.45, 7) is 4.25. The number of oxazole rings is 1. The van der Waals surface area contributed by atoms with Gasteiger partial charge in [0.2, 0.25) is 0 Å². The van der Waals surface area contributed by atoms with Crippen LogP contribution in [-0.2, 0) is 19.3 Å². The predicted octanol–water partition coefficient (Wildman–Crippen LogP) is 3.69. The minimum Gasteiger partial charge on any atom is -0.469 e. The van der Waals surface area contributed by atoms with Crippen molar-refractivity contribution in [2.45, 2.75) is 33.1 Å². The maximum atomic E-state index is 5.61. The molecule has 0 N–H and O–H groups in total. The summed E-state index contributed by atoms with van der Waals surface area (Å²) in [7, 11) is 0. The van der Waals surface area contributed by atoms with Crippen LogP contribution in [0.4, 0.5) is 0 Å². The average Bonchev–Trinajstić information content (AvgIpc) is 3.28. The molecule has 7 nitrogen and oxygen atoms in total. The van der Waals surface area contributed by atoms with Crippen molar-refractivity contribution in [1.82, 2.24) is 19.9 Å². The number of rotatable bonds is 7. The first kappa shape index (κ1) is 17.2. The van der Waals surface area contributed by atoms with Gasteiger partial charge >= 0.3 is 6.01 Å². The van der Waals surface area contributed by atoms with E-state index in [1.54, 1.807) is 6.26 Å². The maximum absolute atomic E-state index is 5.61. The van der Waals surface area contributed by atoms with Gasteiger partial charge in [-0.2, -0.15) is 9.97 Å². The van der Waals surface area contributed by atoms with E-state index in [9.17, 15) is 0 Å². The lowest BCUT2D eigenvalue weighted by Crippen LogP contribution is -2.08. The molecular weight excluding hydrogens is 344 g/mol. The SMILES string of the molecule is CCOc1nc(CCc2ccco2)nc(Cc2ccc3nc(C)oc3c2)n1. The highest BCUT2D eigenvalue weighted by Gasteiger charge is 2.11. The van der Waals surface area contributed by atoms with Crippen LogP contribution in [-0.4, -0.2) is 26.5 Å². The second kappa shape index (κ2) is 7.57. The Hall–Kier alpha value is -3.22. The van der Waals surface area contributed by atoms with Crippen LogP contribution in [0.1, 0.15) is 35.8 Å². The van der Waals surface area contributed by atoms with Crippen LogP contribution in [0, 0.1) is 6.92 Å². The molecule has 138 valence electrons. The molecular formula is C20H20N4O3. The van der Waals surface area contributed by atoms with Crippen molar-refractivity contribution >= 4 is 11.1 Å². The Morgan fingerprint density at radius 3 is 2.70 bits per heavy atom. The molecule has 0 aliphatic heterocycles. The molecule has 0 saturated carbocycles. The largest absolute Gasteiger partial charge is 0.469 e. The Bertz CT molecular complexity index is 1040. The van der Waals surface area contributed by atoms with Gasteiger partial charge in [-0.15, -0.1) is 0 Å². The summed E-state index contributed by atoms with van der Waals surface area (Å²) in [5.74, 6) is 2.91. The molecule has 4 aromatic rings. The quantitative estimate of drug-likeness (QED) is 0.494. The molecule has 3 heterocycles. The standard InChI is InChI=1S/C20H20N4O3/c1-3-25-20-23-18(9-7-15-5-4-10-26-15)22-19(24-20)12-14-6-8-16-17(11-14)27-13(2)21-16/h4-6,8,10-11H,3,7,9,12H2,1-2H3. The molecule has 0 radical (unpaired) electrons. The van der Waals surface area contributed by atoms with Crippen LogP contribution in [0.15, 0.2) is 45.4 Å². The van der Waals surface area contributed by atoms with Crippen LogP contribution in [0.5, 0.6) is 6.01 Å². The van der Waals surface area contributed by atoms with E-state index < -0.39 is 0 Å². The molecule has 7 heteroatoms. The zero-order chi connectivity index (χ0) is 18.6. The smallest absolute Gasteiger partial charge is 0.319 e. The van der Waals surface area contributed by atoms with Crippen LogP contribution in [0.25, 0.3) is 11.1 Å². The third-order valence-electron chi connectivity index (χ3n) is 4.08. The predicted molar refractivity (Wildman–Crippen MR) is 98.7 cm³/mol. The normalized spacial score (nSPS) is 11.2. The van der Waals surface area contributed by atoms with Crippen LogP contribution in [0.3, 0.4) is 0 Å². The van der Waals surface area contributed by atoms with Crippen molar-refractivity contribution in [3.05, 3.63) is 65.5 Å². The highest BCUT2D eigenvalue weighted by atomic mass is 16.5. The van der Waals surface area contributed by atoms with Gasteiger partial charge < -0.3 is 13.6 Å². The fourth-order valence-electron chi connectivity index (χ4n) is 2.90. The number of ether oxygens (including phenoxy) is 1. The molecule has 0 bridgehead atoms. The molecule has 27 heavy (non-hydrogen) atoms. The van der Waals surface area contributed by atoms with Gasteiger partial charge in [0, 0.05) is 26.2 Å². The van der Waals surface area contributed by atoms with Gasteiger partial charge in [-0.1, -0.05) is 6.07 Å². The second-order valence-corrected chi connectivity index (χ2v) is 6.17. The Balaban J connectivity index is 1.57. The van der Waals surface area contributed by atoms with Gasteiger partial charge in [0.1, 0.15) is 22.9 Å². The van der Waals surface area contributed by atoms with Gasteiger partial charge in [-0.25, -0.2) is 9.97 Å². The topological polar surface area (TPSA) is 87.1 Å². The summed E-state index contributed by atoms with van der Waals surface area (Å²) in [6.07, 6.45) is 3.61. The van der Waals surface area contributed by atoms with E-state index in [1.165, 1.54) is 0 Å². The minimum atomic E-state index is 0.355. The monoisotopic (exact) mass is 364 g/mol. The number of hydrogen-bond acceptors (Lipinski definition) is 7. The average molecular weight is 364 g/mol. The van der Waals surface area contributed by atoms with E-state index in [-0.39, 0.29) is 0 Å². The summed E-state index contributed by atoms with van der Waals surface area (Å²) in [4.78, 5) is 17.8. The third kappa shape index (κ3) is 4.13. The molecule has 0 amide bonds. The zero-order valence-electron chi connectivity index (χ0n) is 15.3. The van der Waals surface area contributed by atoms with E-state index >= 15 is 0 Å². The zero-order valence-corrected chi connectivity index (χ0v) is 15.3. The van der Waals surface area contributed by atoms with Crippen molar-refractivity contribution in [2.75, 3.05) is 6.61 Å². The Morgan fingerprint density at radius 2 is 1.89 bits per heavy atom. The van der Waals surface area contributed by atoms with E-state index in [0.717, 1.165) is 28.8 Å². The Labute approximate surface area is 156 Å². The summed E-state index contributed by atoms with van der Waals surface area (Å²) in [5, 5.41) is 0. The lowest BCUT2D eigenvalue weighted by Gasteiger charge is -2.07. The van der Waals surface area contributed by atoms with Crippen molar-refractivity contribution in [3.8, 4) is 6.01 Å². The van der Waals surface area contributed by atoms with E-state index in [4.69, 9.17) is 13.6 Å². The maximum Gasteiger partial charge on any atom is 0.319 e. The van der Waals surface area contributed by atoms with Crippen molar-refractivity contribution in [2.24, 2.45) is 0 Å². The summed E-state index contributed by atoms with van der Waals surface area (Å²) in [5.41, 5.74) is 2.66. The van der Waals surface area contributed by atoms with E-state index in [2.05, 4.69) is 19.9 Å². The van der Waals surface area contributed by atoms with Crippen LogP contribution < -0.4 is 4.74 Å². The van der Waals surface area contributed by atoms with E-state index in [1.807, 2.05) is 44.2 Å². The molecule has 0 fully saturated rings. The summed E-state index contributed by atoms with van der Waals surface area (Å²) in [6, 6.07) is 10.1. The van der Waals surface area contributed by atoms with Gasteiger partial charge in [0.05, 0.1) is 12.9 Å². The Kier molecular flexibility index (Phi) is 4.82. The first-order chi connectivity index (χ1) is 13.2. The number of benzene rings is 1. The molecule has 1 aromatic carbocycles. The number of nitrogens with zero attached hydrogens (tertiary/aromatic N) is 4. The van der Waals surface area contributed by atoms with Crippen molar-refractivity contribution in [1.29, 1.82) is 0 Å². The molecule has 0 aliphatic rings. The number of furan rings is 1. The fourth-order valence-corrected chi connectivity index (χ4v) is 2.90. The minimum absolute atomic E-state index is 0.355. The summed E-state index contributed by atoms with van der Waals surface area (Å²) >= 11 is 0. The van der Waals surface area contributed by atoms with E-state index in [0.29, 0.717) is 43.0 Å². The molecule has 0 atom stereocenters. The first-order valence-electron chi connectivity index (χ1n) is 8.94. The fraction of sp³-hybridized carbons (Fsp3) is 0.300. The number of aryl methyl sites for hydroxylation is 3. The molecule has 3 aromatic heterocycles. The van der Waals surface area contributed by atoms with Crippen LogP contribution >= 0.6 is 0 Å². The highest BCUT2D eigenvalue weighted by molar-refractivity contribution is 5.73. The Morgan fingerprint density at radius 1 is 1.00 bits per heavy atom. The van der Waals surface area contributed by atoms with Crippen LogP contribution in [0.2, 0.25) is 0 Å². The third-order valence-corrected chi connectivity index (χ3v) is 4.08. The van der Waals surface area contributed by atoms with Crippen molar-refractivity contribution in [3.63, 3.8) is 0 Å². The summed E-state index contributed by atoms with van der Waals surface area (Å²) < 4.78 is 16.5. The van der Waals surface area contributed by atoms with Gasteiger partial charge in [0.15, 0.2) is 11.5 Å². The number of fused-ring (bicyclic) bond motifs is 1. The first-order valence-corrected chi connectivity index (χ1v) is 8.94. The molecule has 0 saturated heterocycles. The van der Waals surface area contributed by atoms with Gasteiger partial charge in [-0.3, -0.25) is 0 Å². The van der Waals surface area contributed by atoms with Gasteiger partial charge in [-0.05, 0) is 36.8 Å². The molecule has 0 spiro atoms. The lowest BCUT2D eigenvalue weighted by atomic mass is 10.1. The van der Waals surface area contributed by atoms with Crippen molar-refractivity contribution < 1.29 is 13.6 Å². The lowest BCUT2D eigenvalue weighted by molar-refractivity contribution is 0.308. The number of aromatic nitrogens is 4. The van der Waals surface area contributed by atoms with Gasteiger partial charge in [0.25, 0.3) is 0 Å². The number of hydrogen-bond donors (Lipinski definition) is 0. The second-order valence-electron chi connectivity index (χ2n) is 6.17. The molecule has 4 rings (SSSR count). The molecule has 0 unspecified atom stereocenters. The molecule has 0 aliphatic carbocycles.